The Kier molecular flexibility index (Phi) is 4.37. The molecular formula is C14H18N4O. The van der Waals surface area contributed by atoms with Crippen LogP contribution in [0.2, 0.25) is 0 Å². The molecule has 0 atom stereocenters. The second kappa shape index (κ2) is 6.21. The zero-order valence-electron chi connectivity index (χ0n) is 11.1. The first kappa shape index (κ1) is 13.4. The summed E-state index contributed by atoms with van der Waals surface area (Å²) in [6.07, 6.45) is 0. The van der Waals surface area contributed by atoms with Crippen LogP contribution in [0.4, 0.5) is 10.5 Å². The highest BCUT2D eigenvalue weighted by Crippen LogP contribution is 2.11. The van der Waals surface area contributed by atoms with Crippen LogP contribution in [0, 0.1) is 11.3 Å². The van der Waals surface area contributed by atoms with Crippen molar-refractivity contribution in [2.45, 2.75) is 6.92 Å². The number of urea groups is 1. The Morgan fingerprint density at radius 2 is 2.11 bits per heavy atom. The van der Waals surface area contributed by atoms with Crippen LogP contribution in [-0.2, 0) is 0 Å². The van der Waals surface area contributed by atoms with Crippen molar-refractivity contribution in [1.82, 2.24) is 9.80 Å². The molecule has 5 heteroatoms. The third kappa shape index (κ3) is 3.46. The largest absolute Gasteiger partial charge is 0.322 e. The van der Waals surface area contributed by atoms with Crippen molar-refractivity contribution in [2.24, 2.45) is 0 Å². The zero-order chi connectivity index (χ0) is 13.7. The number of nitrogens with zero attached hydrogens (tertiary/aromatic N) is 3. The summed E-state index contributed by atoms with van der Waals surface area (Å²) in [5, 5.41) is 11.7. The number of carbonyl (C=O) groups is 1. The first-order valence-corrected chi connectivity index (χ1v) is 6.51. The normalized spacial score (nSPS) is 15.9. The number of anilines is 1. The Morgan fingerprint density at radius 1 is 1.37 bits per heavy atom. The monoisotopic (exact) mass is 258 g/mol. The summed E-state index contributed by atoms with van der Waals surface area (Å²) >= 11 is 0. The molecule has 1 saturated heterocycles. The molecule has 0 bridgehead atoms. The summed E-state index contributed by atoms with van der Waals surface area (Å²) in [6.45, 7) is 6.49. The van der Waals surface area contributed by atoms with Gasteiger partial charge in [0.2, 0.25) is 0 Å². The third-order valence-electron chi connectivity index (χ3n) is 3.35. The van der Waals surface area contributed by atoms with Crippen LogP contribution < -0.4 is 5.32 Å². The summed E-state index contributed by atoms with van der Waals surface area (Å²) in [5.74, 6) is 0. The molecule has 100 valence electrons. The minimum absolute atomic E-state index is 0.0918. The molecule has 1 aliphatic heterocycles. The second-order valence-electron chi connectivity index (χ2n) is 4.54. The number of nitriles is 1. The van der Waals surface area contributed by atoms with E-state index in [9.17, 15) is 4.79 Å². The minimum Gasteiger partial charge on any atom is -0.322 e. The SMILES string of the molecule is CCN1CCN(C(=O)Nc2cccc(C#N)c2)CC1. The van der Waals surface area contributed by atoms with Gasteiger partial charge in [0, 0.05) is 31.9 Å². The lowest BCUT2D eigenvalue weighted by molar-refractivity contribution is 0.151. The predicted octanol–water partition coefficient (Wildman–Crippen LogP) is 1.73. The maximum Gasteiger partial charge on any atom is 0.321 e. The van der Waals surface area contributed by atoms with Crippen molar-refractivity contribution in [3.05, 3.63) is 29.8 Å². The van der Waals surface area contributed by atoms with Crippen molar-refractivity contribution in [2.75, 3.05) is 38.0 Å². The minimum atomic E-state index is -0.0918. The van der Waals surface area contributed by atoms with E-state index in [2.05, 4.69) is 23.2 Å². The Hall–Kier alpha value is -2.06. The van der Waals surface area contributed by atoms with E-state index < -0.39 is 0 Å². The Morgan fingerprint density at radius 3 is 2.74 bits per heavy atom. The fourth-order valence-corrected chi connectivity index (χ4v) is 2.14. The van der Waals surface area contributed by atoms with Gasteiger partial charge >= 0.3 is 6.03 Å². The average Bonchev–Trinajstić information content (AvgIpc) is 2.47. The lowest BCUT2D eigenvalue weighted by Crippen LogP contribution is -2.49. The maximum atomic E-state index is 12.1. The number of hydrogen-bond donors (Lipinski definition) is 1. The maximum absolute atomic E-state index is 12.1. The van der Waals surface area contributed by atoms with E-state index in [1.165, 1.54) is 0 Å². The van der Waals surface area contributed by atoms with Gasteiger partial charge in [-0.3, -0.25) is 0 Å². The lowest BCUT2D eigenvalue weighted by atomic mass is 10.2. The van der Waals surface area contributed by atoms with Gasteiger partial charge in [-0.25, -0.2) is 4.79 Å². The topological polar surface area (TPSA) is 59.4 Å². The van der Waals surface area contributed by atoms with E-state index >= 15 is 0 Å². The van der Waals surface area contributed by atoms with Crippen LogP contribution in [0.5, 0.6) is 0 Å². The summed E-state index contributed by atoms with van der Waals surface area (Å²) in [4.78, 5) is 16.2. The predicted molar refractivity (Wildman–Crippen MR) is 73.9 cm³/mol. The molecule has 2 rings (SSSR count). The number of carbonyl (C=O) groups excluding carboxylic acids is 1. The van der Waals surface area contributed by atoms with Crippen molar-refractivity contribution in [1.29, 1.82) is 5.26 Å². The van der Waals surface area contributed by atoms with E-state index in [1.54, 1.807) is 24.3 Å². The highest BCUT2D eigenvalue weighted by Gasteiger charge is 2.19. The lowest BCUT2D eigenvalue weighted by Gasteiger charge is -2.33. The van der Waals surface area contributed by atoms with Gasteiger partial charge in [0.1, 0.15) is 0 Å². The van der Waals surface area contributed by atoms with Crippen LogP contribution in [-0.4, -0.2) is 48.6 Å². The molecule has 1 aromatic rings. The number of amides is 2. The highest BCUT2D eigenvalue weighted by molar-refractivity contribution is 5.89. The number of likely N-dealkylation sites (N-methyl/N-ethyl adjacent to an activating group) is 1. The molecule has 0 spiro atoms. The molecule has 1 heterocycles. The van der Waals surface area contributed by atoms with Crippen LogP contribution in [0.3, 0.4) is 0 Å². The van der Waals surface area contributed by atoms with E-state index in [-0.39, 0.29) is 6.03 Å². The van der Waals surface area contributed by atoms with Gasteiger partial charge < -0.3 is 15.1 Å². The van der Waals surface area contributed by atoms with Crippen molar-refractivity contribution in [3.8, 4) is 6.07 Å². The Labute approximate surface area is 113 Å². The van der Waals surface area contributed by atoms with Gasteiger partial charge in [-0.2, -0.15) is 5.26 Å². The van der Waals surface area contributed by atoms with Gasteiger partial charge in [0.25, 0.3) is 0 Å². The molecule has 5 nitrogen and oxygen atoms in total. The van der Waals surface area contributed by atoms with Gasteiger partial charge in [0.05, 0.1) is 11.6 Å². The summed E-state index contributed by atoms with van der Waals surface area (Å²) < 4.78 is 0. The van der Waals surface area contributed by atoms with Gasteiger partial charge in [0.15, 0.2) is 0 Å². The van der Waals surface area contributed by atoms with Gasteiger partial charge in [-0.1, -0.05) is 13.0 Å². The first-order valence-electron chi connectivity index (χ1n) is 6.51. The molecule has 19 heavy (non-hydrogen) atoms. The number of piperazine rings is 1. The van der Waals surface area contributed by atoms with Crippen molar-refractivity contribution >= 4 is 11.7 Å². The summed E-state index contributed by atoms with van der Waals surface area (Å²) in [7, 11) is 0. The molecule has 1 aliphatic rings. The highest BCUT2D eigenvalue weighted by atomic mass is 16.2. The molecule has 0 unspecified atom stereocenters. The van der Waals surface area contributed by atoms with Crippen LogP contribution >= 0.6 is 0 Å². The molecule has 2 amide bonds. The first-order chi connectivity index (χ1) is 9.22. The number of benzene rings is 1. The smallest absolute Gasteiger partial charge is 0.321 e. The number of nitrogens with one attached hydrogen (secondary N) is 1. The number of hydrogen-bond acceptors (Lipinski definition) is 3. The quantitative estimate of drug-likeness (QED) is 0.878. The molecule has 0 radical (unpaired) electrons. The number of rotatable bonds is 2. The molecule has 1 aromatic carbocycles. The Bertz CT molecular complexity index is 486. The van der Waals surface area contributed by atoms with E-state index in [4.69, 9.17) is 5.26 Å². The molecule has 1 fully saturated rings. The average molecular weight is 258 g/mol. The van der Waals surface area contributed by atoms with Crippen molar-refractivity contribution < 1.29 is 4.79 Å². The van der Waals surface area contributed by atoms with Gasteiger partial charge in [-0.05, 0) is 24.7 Å². The standard InChI is InChI=1S/C14H18N4O/c1-2-17-6-8-18(9-7-17)14(19)16-13-5-3-4-12(10-13)11-15/h3-5,10H,2,6-9H2,1H3,(H,16,19). The second-order valence-corrected chi connectivity index (χ2v) is 4.54. The van der Waals surface area contributed by atoms with Crippen molar-refractivity contribution in [3.63, 3.8) is 0 Å². The van der Waals surface area contributed by atoms with Crippen LogP contribution in [0.1, 0.15) is 12.5 Å². The molecule has 0 saturated carbocycles. The fraction of sp³-hybridized carbons (Fsp3) is 0.429. The van der Waals surface area contributed by atoms with Gasteiger partial charge in [-0.15, -0.1) is 0 Å². The molecular weight excluding hydrogens is 240 g/mol. The molecule has 0 aliphatic carbocycles. The molecule has 1 N–H and O–H groups in total. The van der Waals surface area contributed by atoms with Crippen LogP contribution in [0.15, 0.2) is 24.3 Å². The molecule has 0 aromatic heterocycles. The fourth-order valence-electron chi connectivity index (χ4n) is 2.14. The van der Waals surface area contributed by atoms with E-state index in [0.29, 0.717) is 11.3 Å². The van der Waals surface area contributed by atoms with Crippen LogP contribution in [0.25, 0.3) is 0 Å². The van der Waals surface area contributed by atoms with E-state index in [1.807, 2.05) is 4.90 Å². The Balaban J connectivity index is 1.92. The zero-order valence-corrected chi connectivity index (χ0v) is 11.1. The summed E-state index contributed by atoms with van der Waals surface area (Å²) in [6, 6.07) is 8.93. The van der Waals surface area contributed by atoms with E-state index in [0.717, 1.165) is 32.7 Å². The third-order valence-corrected chi connectivity index (χ3v) is 3.35. The summed E-state index contributed by atoms with van der Waals surface area (Å²) in [5.41, 5.74) is 1.22.